The molecule has 2 N–H and O–H groups in total. The fourth-order valence-corrected chi connectivity index (χ4v) is 2.80. The van der Waals surface area contributed by atoms with E-state index in [1.165, 1.54) is 0 Å². The van der Waals surface area contributed by atoms with Crippen LogP contribution in [0.15, 0.2) is 55.1 Å². The molecule has 0 aliphatic heterocycles. The number of amides is 1. The van der Waals surface area contributed by atoms with Gasteiger partial charge in [-0.15, -0.1) is 12.4 Å². The van der Waals surface area contributed by atoms with E-state index in [9.17, 15) is 4.79 Å². The summed E-state index contributed by atoms with van der Waals surface area (Å²) in [4.78, 5) is 14.2. The van der Waals surface area contributed by atoms with E-state index in [1.807, 2.05) is 24.3 Å². The van der Waals surface area contributed by atoms with Crippen LogP contribution in [0.1, 0.15) is 25.8 Å². The first-order chi connectivity index (χ1) is 12.1. The first-order valence-electron chi connectivity index (χ1n) is 8.81. The maximum Gasteiger partial charge on any atom is 0.410 e. The molecule has 0 aromatic heterocycles. The molecule has 2 atom stereocenters. The number of benzene rings is 2. The summed E-state index contributed by atoms with van der Waals surface area (Å²) in [5.74, 6) is 0.335. The van der Waals surface area contributed by atoms with Crippen LogP contribution in [0.2, 0.25) is 0 Å². The average molecular weight is 377 g/mol. The van der Waals surface area contributed by atoms with Crippen LogP contribution in [0, 0.1) is 5.92 Å². The second-order valence-corrected chi connectivity index (χ2v) is 6.43. The van der Waals surface area contributed by atoms with Crippen molar-refractivity contribution in [3.8, 4) is 0 Å². The summed E-state index contributed by atoms with van der Waals surface area (Å²) >= 11 is 0. The van der Waals surface area contributed by atoms with Crippen molar-refractivity contribution in [2.45, 2.75) is 32.9 Å². The Morgan fingerprint density at radius 3 is 2.65 bits per heavy atom. The zero-order valence-corrected chi connectivity index (χ0v) is 16.4. The van der Waals surface area contributed by atoms with Crippen LogP contribution in [-0.4, -0.2) is 30.2 Å². The SMILES string of the molecule is C=CCOC(=O)N(Cc1cccc2ccccc12)C[C@@H](N)[C@@H](C)CC.Cl. The first kappa shape index (κ1) is 22.0. The number of carbonyl (C=O) groups excluding carboxylic acids is 1. The van der Waals surface area contributed by atoms with Gasteiger partial charge in [0.2, 0.25) is 0 Å². The van der Waals surface area contributed by atoms with Gasteiger partial charge in [-0.1, -0.05) is 75.4 Å². The molecule has 4 nitrogen and oxygen atoms in total. The van der Waals surface area contributed by atoms with Gasteiger partial charge >= 0.3 is 6.09 Å². The Balaban J connectivity index is 0.00000338. The lowest BCUT2D eigenvalue weighted by Crippen LogP contribution is -2.44. The fourth-order valence-electron chi connectivity index (χ4n) is 2.80. The van der Waals surface area contributed by atoms with Gasteiger partial charge in [-0.2, -0.15) is 0 Å². The molecule has 5 heteroatoms. The topological polar surface area (TPSA) is 55.6 Å². The van der Waals surface area contributed by atoms with Gasteiger partial charge in [-0.25, -0.2) is 4.79 Å². The van der Waals surface area contributed by atoms with Crippen molar-refractivity contribution in [2.24, 2.45) is 11.7 Å². The highest BCUT2D eigenvalue weighted by Gasteiger charge is 2.21. The Morgan fingerprint density at radius 1 is 1.27 bits per heavy atom. The minimum atomic E-state index is -0.355. The molecule has 0 heterocycles. The van der Waals surface area contributed by atoms with E-state index >= 15 is 0 Å². The van der Waals surface area contributed by atoms with E-state index in [2.05, 4.69) is 38.6 Å². The van der Waals surface area contributed by atoms with Gasteiger partial charge in [-0.05, 0) is 22.3 Å². The van der Waals surface area contributed by atoms with E-state index in [0.717, 1.165) is 22.8 Å². The number of nitrogens with two attached hydrogens (primary N) is 1. The average Bonchev–Trinajstić information content (AvgIpc) is 2.64. The molecule has 0 aliphatic carbocycles. The largest absolute Gasteiger partial charge is 0.445 e. The minimum Gasteiger partial charge on any atom is -0.445 e. The maximum atomic E-state index is 12.5. The third-order valence-electron chi connectivity index (χ3n) is 4.63. The summed E-state index contributed by atoms with van der Waals surface area (Å²) in [5.41, 5.74) is 7.38. The molecular formula is C21H29ClN2O2. The zero-order valence-electron chi connectivity index (χ0n) is 15.6. The summed E-state index contributed by atoms with van der Waals surface area (Å²) in [5, 5.41) is 2.30. The van der Waals surface area contributed by atoms with Crippen LogP contribution in [-0.2, 0) is 11.3 Å². The van der Waals surface area contributed by atoms with E-state index in [0.29, 0.717) is 19.0 Å². The molecule has 1 amide bonds. The highest BCUT2D eigenvalue weighted by atomic mass is 35.5. The lowest BCUT2D eigenvalue weighted by Gasteiger charge is -2.28. The second-order valence-electron chi connectivity index (χ2n) is 6.43. The van der Waals surface area contributed by atoms with E-state index in [4.69, 9.17) is 10.5 Å². The Labute approximate surface area is 162 Å². The molecule has 0 spiro atoms. The molecule has 0 saturated carbocycles. The van der Waals surface area contributed by atoms with Crippen molar-refractivity contribution in [1.29, 1.82) is 0 Å². The van der Waals surface area contributed by atoms with Gasteiger partial charge in [0.25, 0.3) is 0 Å². The number of rotatable bonds is 8. The Bertz CT molecular complexity index is 715. The lowest BCUT2D eigenvalue weighted by molar-refractivity contribution is 0.104. The van der Waals surface area contributed by atoms with Crippen LogP contribution in [0.25, 0.3) is 10.8 Å². The molecule has 0 fully saturated rings. The minimum absolute atomic E-state index is 0. The van der Waals surface area contributed by atoms with Crippen LogP contribution in [0.3, 0.4) is 0 Å². The van der Waals surface area contributed by atoms with Crippen molar-refractivity contribution >= 4 is 29.3 Å². The van der Waals surface area contributed by atoms with Crippen molar-refractivity contribution in [3.05, 3.63) is 60.7 Å². The molecule has 0 bridgehead atoms. The highest BCUT2D eigenvalue weighted by molar-refractivity contribution is 5.86. The Kier molecular flexibility index (Phi) is 9.17. The number of ether oxygens (including phenoxy) is 1. The van der Waals surface area contributed by atoms with Crippen molar-refractivity contribution in [1.82, 2.24) is 4.90 Å². The van der Waals surface area contributed by atoms with Crippen LogP contribution in [0.4, 0.5) is 4.79 Å². The summed E-state index contributed by atoms with van der Waals surface area (Å²) < 4.78 is 5.27. The monoisotopic (exact) mass is 376 g/mol. The van der Waals surface area contributed by atoms with Gasteiger partial charge in [0, 0.05) is 19.1 Å². The Morgan fingerprint density at radius 2 is 1.96 bits per heavy atom. The number of fused-ring (bicyclic) bond motifs is 1. The van der Waals surface area contributed by atoms with E-state index in [-0.39, 0.29) is 31.1 Å². The van der Waals surface area contributed by atoms with Crippen LogP contribution >= 0.6 is 12.4 Å². The fraction of sp³-hybridized carbons (Fsp3) is 0.381. The predicted molar refractivity (Wildman–Crippen MR) is 111 cm³/mol. The van der Waals surface area contributed by atoms with Crippen molar-refractivity contribution < 1.29 is 9.53 Å². The number of halogens is 1. The predicted octanol–water partition coefficient (Wildman–Crippen LogP) is 4.76. The summed E-state index contributed by atoms with van der Waals surface area (Å²) in [6, 6.07) is 14.2. The van der Waals surface area contributed by atoms with Gasteiger partial charge in [-0.3, -0.25) is 0 Å². The highest BCUT2D eigenvalue weighted by Crippen LogP contribution is 2.21. The molecule has 2 rings (SSSR count). The zero-order chi connectivity index (χ0) is 18.2. The molecular weight excluding hydrogens is 348 g/mol. The van der Waals surface area contributed by atoms with Gasteiger partial charge < -0.3 is 15.4 Å². The number of hydrogen-bond acceptors (Lipinski definition) is 3. The summed E-state index contributed by atoms with van der Waals surface area (Å²) in [6.45, 7) is 8.95. The van der Waals surface area contributed by atoms with Crippen molar-refractivity contribution in [2.75, 3.05) is 13.2 Å². The number of hydrogen-bond donors (Lipinski definition) is 1. The standard InChI is InChI=1S/C21H28N2O2.ClH/c1-4-13-25-21(24)23(15-20(22)16(3)5-2)14-18-11-8-10-17-9-6-7-12-19(17)18;/h4,6-12,16,20H,1,5,13-15,22H2,2-3H3;1H/t16-,20+;/m0./s1. The molecule has 0 aliphatic rings. The third-order valence-corrected chi connectivity index (χ3v) is 4.63. The molecule has 2 aromatic carbocycles. The van der Waals surface area contributed by atoms with Gasteiger partial charge in [0.1, 0.15) is 6.61 Å². The number of nitrogens with zero attached hydrogens (tertiary/aromatic N) is 1. The Hall–Kier alpha value is -2.04. The quantitative estimate of drug-likeness (QED) is 0.676. The van der Waals surface area contributed by atoms with Gasteiger partial charge in [0.05, 0.1) is 0 Å². The lowest BCUT2D eigenvalue weighted by atomic mass is 9.99. The normalized spacial score (nSPS) is 12.7. The molecule has 0 radical (unpaired) electrons. The third kappa shape index (κ3) is 5.75. The molecule has 0 saturated heterocycles. The van der Waals surface area contributed by atoms with Crippen molar-refractivity contribution in [3.63, 3.8) is 0 Å². The van der Waals surface area contributed by atoms with Gasteiger partial charge in [0.15, 0.2) is 0 Å². The maximum absolute atomic E-state index is 12.5. The second kappa shape index (κ2) is 10.8. The molecule has 142 valence electrons. The smallest absolute Gasteiger partial charge is 0.410 e. The molecule has 2 aromatic rings. The molecule has 0 unspecified atom stereocenters. The van der Waals surface area contributed by atoms with Crippen LogP contribution < -0.4 is 5.73 Å². The summed E-state index contributed by atoms with van der Waals surface area (Å²) in [6.07, 6.45) is 2.19. The van der Waals surface area contributed by atoms with E-state index in [1.54, 1.807) is 11.0 Å². The summed E-state index contributed by atoms with van der Waals surface area (Å²) in [7, 11) is 0. The van der Waals surface area contributed by atoms with E-state index < -0.39 is 0 Å². The number of carbonyl (C=O) groups is 1. The molecule has 26 heavy (non-hydrogen) atoms. The first-order valence-corrected chi connectivity index (χ1v) is 8.81. The van der Waals surface area contributed by atoms with Crippen LogP contribution in [0.5, 0.6) is 0 Å².